The second kappa shape index (κ2) is 9.62. The van der Waals surface area contributed by atoms with Crippen LogP contribution in [0, 0.1) is 13.8 Å². The average Bonchev–Trinajstić information content (AvgIpc) is 2.98. The number of aromatic carboxylic acids is 1. The van der Waals surface area contributed by atoms with Crippen LogP contribution in [-0.4, -0.2) is 46.8 Å². The van der Waals surface area contributed by atoms with Gasteiger partial charge in [0, 0.05) is 17.4 Å². The van der Waals surface area contributed by atoms with E-state index in [9.17, 15) is 36.1 Å². The molecule has 0 amide bonds. The zero-order valence-electron chi connectivity index (χ0n) is 17.3. The summed E-state index contributed by atoms with van der Waals surface area (Å²) in [6.07, 6.45) is 0. The maximum Gasteiger partial charge on any atom is 0.337 e. The fraction of sp³-hybridized carbons (Fsp3) is 0.111. The van der Waals surface area contributed by atoms with E-state index < -0.39 is 47.9 Å². The Hall–Kier alpha value is -3.13. The zero-order valence-corrected chi connectivity index (χ0v) is 20.2. The number of carboxylic acid groups (broad SMARTS) is 1. The topological polar surface area (TPSA) is 209 Å². The number of aryl methyl sites for hydroxylation is 2. The van der Waals surface area contributed by atoms with Gasteiger partial charge < -0.3 is 5.11 Å². The van der Waals surface area contributed by atoms with Crippen molar-refractivity contribution in [1.82, 2.24) is 9.78 Å². The van der Waals surface area contributed by atoms with Crippen LogP contribution in [0.4, 0.5) is 11.4 Å². The summed E-state index contributed by atoms with van der Waals surface area (Å²) in [5.41, 5.74) is -1.01. The molecular formula is C18H16CrN4O9S2. The van der Waals surface area contributed by atoms with E-state index in [2.05, 4.69) is 15.3 Å². The molecule has 0 fully saturated rings. The van der Waals surface area contributed by atoms with E-state index in [4.69, 9.17) is 4.55 Å². The second-order valence-electron chi connectivity index (χ2n) is 6.81. The number of azo groups is 1. The Balaban J connectivity index is 0.00000408. The molecule has 1 aromatic heterocycles. The number of aromatic nitrogens is 2. The van der Waals surface area contributed by atoms with Crippen LogP contribution < -0.4 is 5.56 Å². The van der Waals surface area contributed by atoms with E-state index in [-0.39, 0.29) is 39.3 Å². The quantitative estimate of drug-likeness (QED) is 0.263. The molecule has 3 aromatic rings. The molecule has 0 saturated heterocycles. The summed E-state index contributed by atoms with van der Waals surface area (Å²) in [5, 5.41) is 19.5. The molecule has 16 heteroatoms. The molecule has 1 heterocycles. The van der Waals surface area contributed by atoms with Gasteiger partial charge in [0.1, 0.15) is 5.69 Å². The van der Waals surface area contributed by atoms with E-state index in [1.165, 1.54) is 19.9 Å². The van der Waals surface area contributed by atoms with Crippen LogP contribution in [0.3, 0.4) is 0 Å². The monoisotopic (exact) mass is 548 g/mol. The number of carbonyl (C=O) groups is 1. The van der Waals surface area contributed by atoms with E-state index in [0.29, 0.717) is 5.56 Å². The van der Waals surface area contributed by atoms with Gasteiger partial charge in [-0.2, -0.15) is 16.8 Å². The van der Waals surface area contributed by atoms with Gasteiger partial charge in [-0.15, -0.1) is 10.2 Å². The van der Waals surface area contributed by atoms with Gasteiger partial charge in [-0.05, 0) is 55.8 Å². The Labute approximate surface area is 203 Å². The first-order valence-corrected chi connectivity index (χ1v) is 11.7. The molecule has 13 nitrogen and oxygen atoms in total. The molecular weight excluding hydrogens is 532 g/mol. The number of rotatable bonds is 6. The third-order valence-corrected chi connectivity index (χ3v) is 6.20. The van der Waals surface area contributed by atoms with Crippen molar-refractivity contribution in [2.45, 2.75) is 23.6 Å². The van der Waals surface area contributed by atoms with Crippen molar-refractivity contribution in [2.24, 2.45) is 10.2 Å². The van der Waals surface area contributed by atoms with E-state index in [1.54, 1.807) is 0 Å². The smallest absolute Gasteiger partial charge is 0.337 e. The standard InChI is InChI=1S/C18H16N4O9S2.Cr/c1-9-7-11(32(26,27)28)4-6-15(9)22-17(23)16(10(2)21-22)20-19-14-8-12(33(29,30)31)3-5-13(14)18(24)25;/h3-8,21H,1-2H3,(H,24,25)(H,26,27,28)(H,29,30,31);. The van der Waals surface area contributed by atoms with Gasteiger partial charge in [-0.25, -0.2) is 9.48 Å². The summed E-state index contributed by atoms with van der Waals surface area (Å²) >= 11 is 0. The molecule has 34 heavy (non-hydrogen) atoms. The first kappa shape index (κ1) is 27.1. The van der Waals surface area contributed by atoms with Gasteiger partial charge in [-0.1, -0.05) is 0 Å². The number of carboxylic acids is 1. The SMILES string of the molecule is Cc1cc(S(=O)(=O)O)ccc1-n1[nH]c(C)c(N=Nc2cc(S(=O)(=O)O)ccc2C(=O)O)c1=O.[Cr]. The molecule has 0 saturated carbocycles. The zero-order chi connectivity index (χ0) is 24.7. The predicted molar refractivity (Wildman–Crippen MR) is 113 cm³/mol. The van der Waals surface area contributed by atoms with Crippen LogP contribution in [0.2, 0.25) is 0 Å². The van der Waals surface area contributed by atoms with Crippen LogP contribution in [0.15, 0.2) is 61.2 Å². The van der Waals surface area contributed by atoms with Crippen LogP contribution in [0.1, 0.15) is 21.6 Å². The molecule has 0 aliphatic carbocycles. The van der Waals surface area contributed by atoms with Gasteiger partial charge in [0.05, 0.1) is 26.7 Å². The van der Waals surface area contributed by atoms with Crippen LogP contribution in [-0.2, 0) is 37.6 Å². The van der Waals surface area contributed by atoms with Crippen LogP contribution >= 0.6 is 0 Å². The molecule has 0 radical (unpaired) electrons. The first-order chi connectivity index (χ1) is 15.2. The fourth-order valence-corrected chi connectivity index (χ4v) is 3.97. The molecule has 0 bridgehead atoms. The van der Waals surface area contributed by atoms with Gasteiger partial charge >= 0.3 is 5.97 Å². The Morgan fingerprint density at radius 2 is 1.50 bits per heavy atom. The minimum Gasteiger partial charge on any atom is -0.478 e. The van der Waals surface area contributed by atoms with Gasteiger partial charge in [0.15, 0.2) is 5.69 Å². The van der Waals surface area contributed by atoms with Crippen molar-refractivity contribution in [2.75, 3.05) is 0 Å². The van der Waals surface area contributed by atoms with Gasteiger partial charge in [0.2, 0.25) is 0 Å². The minimum absolute atomic E-state index is 0. The van der Waals surface area contributed by atoms with Gasteiger partial charge in [-0.3, -0.25) is 19.0 Å². The Bertz CT molecular complexity index is 1590. The van der Waals surface area contributed by atoms with Gasteiger partial charge in [0.25, 0.3) is 25.8 Å². The molecule has 0 aliphatic heterocycles. The molecule has 0 unspecified atom stereocenters. The first-order valence-electron chi connectivity index (χ1n) is 8.87. The van der Waals surface area contributed by atoms with Crippen molar-refractivity contribution in [3.05, 3.63) is 63.6 Å². The third-order valence-electron chi connectivity index (χ3n) is 4.50. The Morgan fingerprint density at radius 3 is 2.03 bits per heavy atom. The van der Waals surface area contributed by atoms with Crippen molar-refractivity contribution in [1.29, 1.82) is 0 Å². The number of nitrogens with one attached hydrogen (secondary N) is 1. The Morgan fingerprint density at radius 1 is 0.941 bits per heavy atom. The maximum atomic E-state index is 12.8. The molecule has 0 aliphatic rings. The summed E-state index contributed by atoms with van der Waals surface area (Å²) in [6.45, 7) is 2.98. The molecule has 0 atom stereocenters. The molecule has 180 valence electrons. The van der Waals surface area contributed by atoms with Crippen molar-refractivity contribution < 1.29 is 53.2 Å². The minimum atomic E-state index is -4.65. The van der Waals surface area contributed by atoms with Crippen LogP contribution in [0.5, 0.6) is 0 Å². The summed E-state index contributed by atoms with van der Waals surface area (Å²) in [5.74, 6) is -1.44. The predicted octanol–water partition coefficient (Wildman–Crippen LogP) is 2.39. The number of aromatic amines is 1. The number of nitrogens with zero attached hydrogens (tertiary/aromatic N) is 3. The van der Waals surface area contributed by atoms with Crippen molar-refractivity contribution >= 4 is 37.6 Å². The fourth-order valence-electron chi connectivity index (χ4n) is 2.90. The molecule has 4 N–H and O–H groups in total. The van der Waals surface area contributed by atoms with Crippen molar-refractivity contribution in [3.63, 3.8) is 0 Å². The Kier molecular flexibility index (Phi) is 7.67. The number of hydrogen-bond acceptors (Lipinski definition) is 8. The largest absolute Gasteiger partial charge is 0.478 e. The average molecular weight is 548 g/mol. The normalized spacial score (nSPS) is 12.0. The number of hydrogen-bond donors (Lipinski definition) is 4. The second-order valence-corrected chi connectivity index (χ2v) is 9.65. The van der Waals surface area contributed by atoms with Crippen LogP contribution in [0.25, 0.3) is 5.69 Å². The molecule has 2 aromatic carbocycles. The summed E-state index contributed by atoms with van der Waals surface area (Å²) < 4.78 is 64.7. The summed E-state index contributed by atoms with van der Waals surface area (Å²) in [7, 11) is -9.09. The van der Waals surface area contributed by atoms with Crippen molar-refractivity contribution in [3.8, 4) is 5.69 Å². The van der Waals surface area contributed by atoms with E-state index in [0.717, 1.165) is 35.0 Å². The molecule has 0 spiro atoms. The maximum absolute atomic E-state index is 12.8. The molecule has 3 rings (SSSR count). The third kappa shape index (κ3) is 5.50. The van der Waals surface area contributed by atoms with E-state index in [1.807, 2.05) is 0 Å². The summed E-state index contributed by atoms with van der Waals surface area (Å²) in [4.78, 5) is 23.3. The number of H-pyrrole nitrogens is 1. The number of benzene rings is 2. The summed E-state index contributed by atoms with van der Waals surface area (Å²) in [6, 6.07) is 6.14. The van der Waals surface area contributed by atoms with E-state index >= 15 is 0 Å².